The predicted molar refractivity (Wildman–Crippen MR) is 80.3 cm³/mol. The summed E-state index contributed by atoms with van der Waals surface area (Å²) in [4.78, 5) is 0. The summed E-state index contributed by atoms with van der Waals surface area (Å²) in [7, 11) is 0. The molecule has 0 nitrogen and oxygen atoms in total. The summed E-state index contributed by atoms with van der Waals surface area (Å²) in [5.41, 5.74) is 0. The lowest BCUT2D eigenvalue weighted by Gasteiger charge is -2.43. The topological polar surface area (TPSA) is 0 Å². The maximum absolute atomic E-state index is 2.51. The summed E-state index contributed by atoms with van der Waals surface area (Å²) in [6, 6.07) is 0. The molecule has 0 amide bonds. The molecule has 0 spiro atoms. The molecule has 105 valence electrons. The molecule has 0 bridgehead atoms. The molecule has 3 unspecified atom stereocenters. The normalized spacial score (nSPS) is 35.3. The van der Waals surface area contributed by atoms with Gasteiger partial charge in [-0.2, -0.15) is 0 Å². The first-order chi connectivity index (χ1) is 8.59. The molecule has 1 radical (unpaired) electrons. The van der Waals surface area contributed by atoms with Crippen LogP contribution in [0.3, 0.4) is 0 Å². The van der Waals surface area contributed by atoms with Gasteiger partial charge >= 0.3 is 0 Å². The number of rotatable bonds is 3. The average molecular weight is 249 g/mol. The lowest BCUT2D eigenvalue weighted by molar-refractivity contribution is 0.133. The molecular formula is C18H33. The second kappa shape index (κ2) is 6.44. The zero-order chi connectivity index (χ0) is 13.1. The Balaban J connectivity index is 2.01. The zero-order valence-corrected chi connectivity index (χ0v) is 13.0. The maximum atomic E-state index is 2.51. The molecule has 3 atom stereocenters. The molecule has 0 aliphatic heterocycles. The summed E-state index contributed by atoms with van der Waals surface area (Å²) >= 11 is 0. The summed E-state index contributed by atoms with van der Waals surface area (Å²) in [5, 5.41) is 0. The van der Waals surface area contributed by atoms with Crippen molar-refractivity contribution in [3.63, 3.8) is 0 Å². The minimum Gasteiger partial charge on any atom is -0.0625 e. The highest BCUT2D eigenvalue weighted by atomic mass is 14.4. The van der Waals surface area contributed by atoms with Crippen molar-refractivity contribution in [1.29, 1.82) is 0 Å². The van der Waals surface area contributed by atoms with Crippen molar-refractivity contribution in [3.8, 4) is 0 Å². The quantitative estimate of drug-likeness (QED) is 0.587. The Kier molecular flexibility index (Phi) is 5.15. The first-order valence-electron chi connectivity index (χ1n) is 8.43. The summed E-state index contributed by atoms with van der Waals surface area (Å²) in [5.74, 6) is 6.61. The lowest BCUT2D eigenvalue weighted by atomic mass is 9.62. The van der Waals surface area contributed by atoms with E-state index >= 15 is 0 Å². The first kappa shape index (κ1) is 14.4. The Morgan fingerprint density at radius 3 is 2.22 bits per heavy atom. The Labute approximate surface area is 115 Å². The van der Waals surface area contributed by atoms with E-state index in [9.17, 15) is 0 Å². The molecule has 0 heterocycles. The monoisotopic (exact) mass is 249 g/mol. The van der Waals surface area contributed by atoms with Crippen molar-refractivity contribution in [1.82, 2.24) is 0 Å². The van der Waals surface area contributed by atoms with Crippen LogP contribution in [0.5, 0.6) is 0 Å². The van der Waals surface area contributed by atoms with Crippen molar-refractivity contribution in [2.75, 3.05) is 0 Å². The second-order valence-corrected chi connectivity index (χ2v) is 7.51. The summed E-state index contributed by atoms with van der Waals surface area (Å²) in [6.45, 7) is 9.87. The van der Waals surface area contributed by atoms with Crippen LogP contribution in [0.25, 0.3) is 0 Å². The smallest absolute Gasteiger partial charge is 0.0207 e. The molecule has 0 aromatic carbocycles. The third kappa shape index (κ3) is 3.31. The molecule has 2 saturated carbocycles. The van der Waals surface area contributed by atoms with E-state index in [2.05, 4.69) is 27.7 Å². The van der Waals surface area contributed by atoms with E-state index in [1.807, 2.05) is 5.92 Å². The molecule has 2 fully saturated rings. The van der Waals surface area contributed by atoms with Gasteiger partial charge in [-0.3, -0.25) is 0 Å². The van der Waals surface area contributed by atoms with Crippen molar-refractivity contribution in [2.45, 2.75) is 79.1 Å². The maximum Gasteiger partial charge on any atom is -0.0207 e. The minimum absolute atomic E-state index is 0.876. The van der Waals surface area contributed by atoms with Crippen LogP contribution in [-0.4, -0.2) is 0 Å². The van der Waals surface area contributed by atoms with Crippen molar-refractivity contribution in [3.05, 3.63) is 5.92 Å². The van der Waals surface area contributed by atoms with Gasteiger partial charge in [0.2, 0.25) is 0 Å². The van der Waals surface area contributed by atoms with Crippen LogP contribution < -0.4 is 0 Å². The zero-order valence-electron chi connectivity index (χ0n) is 13.0. The second-order valence-electron chi connectivity index (χ2n) is 7.51. The van der Waals surface area contributed by atoms with Gasteiger partial charge in [-0.05, 0) is 61.2 Å². The lowest BCUT2D eigenvalue weighted by Crippen LogP contribution is -2.34. The van der Waals surface area contributed by atoms with E-state index in [0.29, 0.717) is 0 Å². The van der Waals surface area contributed by atoms with Crippen molar-refractivity contribution < 1.29 is 0 Å². The molecule has 2 rings (SSSR count). The molecule has 0 aromatic rings. The van der Waals surface area contributed by atoms with Crippen LogP contribution in [0.2, 0.25) is 0 Å². The van der Waals surface area contributed by atoms with E-state index in [4.69, 9.17) is 0 Å². The van der Waals surface area contributed by atoms with E-state index in [0.717, 1.165) is 29.6 Å². The van der Waals surface area contributed by atoms with Gasteiger partial charge in [0.1, 0.15) is 0 Å². The molecule has 0 aromatic heterocycles. The van der Waals surface area contributed by atoms with Gasteiger partial charge in [0, 0.05) is 0 Å². The Morgan fingerprint density at radius 1 is 0.944 bits per heavy atom. The largest absolute Gasteiger partial charge is 0.0625 e. The van der Waals surface area contributed by atoms with Gasteiger partial charge in [-0.15, -0.1) is 0 Å². The van der Waals surface area contributed by atoms with Gasteiger partial charge in [0.05, 0.1) is 0 Å². The Hall–Kier alpha value is 0. The molecule has 18 heavy (non-hydrogen) atoms. The highest BCUT2D eigenvalue weighted by Gasteiger charge is 2.37. The van der Waals surface area contributed by atoms with Gasteiger partial charge < -0.3 is 0 Å². The standard InChI is InChI=1S/C18H33/c1-13(2)17-11-10-14(3)12-18(17)15(4)16-8-6-5-7-9-16/h13-14,16-18H,5-12H2,1-4H3. The fourth-order valence-corrected chi connectivity index (χ4v) is 4.59. The SMILES string of the molecule is C[C](C1CCCCC1)C1CC(C)CCC1C(C)C. The Bertz CT molecular complexity index is 236. The number of hydrogen-bond acceptors (Lipinski definition) is 0. The van der Waals surface area contributed by atoms with E-state index in [1.54, 1.807) is 0 Å². The van der Waals surface area contributed by atoms with E-state index in [-0.39, 0.29) is 0 Å². The van der Waals surface area contributed by atoms with E-state index in [1.165, 1.54) is 51.4 Å². The van der Waals surface area contributed by atoms with Gasteiger partial charge in [-0.25, -0.2) is 0 Å². The van der Waals surface area contributed by atoms with Crippen molar-refractivity contribution >= 4 is 0 Å². The predicted octanol–water partition coefficient (Wildman–Crippen LogP) is 5.87. The Morgan fingerprint density at radius 2 is 1.61 bits per heavy atom. The first-order valence-corrected chi connectivity index (χ1v) is 8.43. The van der Waals surface area contributed by atoms with Crippen molar-refractivity contribution in [2.24, 2.45) is 29.6 Å². The van der Waals surface area contributed by atoms with Crippen LogP contribution in [0.15, 0.2) is 0 Å². The fraction of sp³-hybridized carbons (Fsp3) is 0.944. The van der Waals surface area contributed by atoms with Gasteiger partial charge in [-0.1, -0.05) is 53.4 Å². The molecule has 0 saturated heterocycles. The molecule has 0 heteroatoms. The molecule has 0 N–H and O–H groups in total. The number of hydrogen-bond donors (Lipinski definition) is 0. The third-order valence-electron chi connectivity index (χ3n) is 5.86. The van der Waals surface area contributed by atoms with Crippen LogP contribution >= 0.6 is 0 Å². The molecule has 2 aliphatic carbocycles. The molecule has 2 aliphatic rings. The fourth-order valence-electron chi connectivity index (χ4n) is 4.59. The van der Waals surface area contributed by atoms with Crippen LogP contribution in [0.4, 0.5) is 0 Å². The summed E-state index contributed by atoms with van der Waals surface area (Å²) in [6.07, 6.45) is 11.9. The third-order valence-corrected chi connectivity index (χ3v) is 5.86. The van der Waals surface area contributed by atoms with Gasteiger partial charge in [0.25, 0.3) is 0 Å². The van der Waals surface area contributed by atoms with Gasteiger partial charge in [0.15, 0.2) is 0 Å². The van der Waals surface area contributed by atoms with Crippen LogP contribution in [0.1, 0.15) is 79.1 Å². The summed E-state index contributed by atoms with van der Waals surface area (Å²) < 4.78 is 0. The highest BCUT2D eigenvalue weighted by molar-refractivity contribution is 5.03. The van der Waals surface area contributed by atoms with Crippen LogP contribution in [-0.2, 0) is 0 Å². The van der Waals surface area contributed by atoms with E-state index < -0.39 is 0 Å². The minimum atomic E-state index is 0.876. The molecular weight excluding hydrogens is 216 g/mol. The highest BCUT2D eigenvalue weighted by Crippen LogP contribution is 2.47. The van der Waals surface area contributed by atoms with Crippen LogP contribution in [0, 0.1) is 35.5 Å². The average Bonchev–Trinajstić information content (AvgIpc) is 2.38.